The maximum Gasteiger partial charge on any atom is 0.374 e. The molecule has 0 spiro atoms. The normalized spacial score (nSPS) is 12.6. The Bertz CT molecular complexity index is 477. The first-order valence-corrected chi connectivity index (χ1v) is 6.26. The van der Waals surface area contributed by atoms with Gasteiger partial charge in [0.2, 0.25) is 5.78 Å². The van der Waals surface area contributed by atoms with E-state index < -0.39 is 54.1 Å². The van der Waals surface area contributed by atoms with Gasteiger partial charge in [-0.2, -0.15) is 0 Å². The molecule has 130 valence electrons. The van der Waals surface area contributed by atoms with E-state index in [0.29, 0.717) is 0 Å². The Morgan fingerprint density at radius 3 is 2.35 bits per heavy atom. The average molecular weight is 336 g/mol. The van der Waals surface area contributed by atoms with Gasteiger partial charge >= 0.3 is 17.9 Å². The number of Topliss-reactive ketones (excluding diaryl/α,β-unsaturated/α-hetero) is 1. The van der Waals surface area contributed by atoms with Crippen LogP contribution in [0.3, 0.4) is 0 Å². The summed E-state index contributed by atoms with van der Waals surface area (Å²) in [5.41, 5.74) is 5.20. The summed E-state index contributed by atoms with van der Waals surface area (Å²) in [6.07, 6.45) is -1.93. The van der Waals surface area contributed by atoms with E-state index in [4.69, 9.17) is 15.6 Å². The molecule has 0 saturated carbocycles. The van der Waals surface area contributed by atoms with Crippen LogP contribution in [-0.4, -0.2) is 59.2 Å². The first-order valence-electron chi connectivity index (χ1n) is 6.26. The van der Waals surface area contributed by atoms with E-state index in [9.17, 15) is 29.3 Å². The highest BCUT2D eigenvalue weighted by Gasteiger charge is 2.21. The molecule has 2 atom stereocenters. The molecule has 1 unspecified atom stereocenters. The molecule has 0 rings (SSSR count). The molecule has 0 aliphatic carbocycles. The Balaban J connectivity index is 4.45. The number of carboxylic acid groups (broad SMARTS) is 1. The number of nitrogens with zero attached hydrogens (tertiary/aromatic N) is 1. The number of rotatable bonds is 11. The highest BCUT2D eigenvalue weighted by Crippen LogP contribution is 2.03. The lowest BCUT2D eigenvalue weighted by Crippen LogP contribution is -2.33. The van der Waals surface area contributed by atoms with Crippen molar-refractivity contribution in [3.63, 3.8) is 0 Å². The third-order valence-electron chi connectivity index (χ3n) is 2.33. The predicted molar refractivity (Wildman–Crippen MR) is 69.3 cm³/mol. The number of carboxylic acids is 1. The molecule has 23 heavy (non-hydrogen) atoms. The summed E-state index contributed by atoms with van der Waals surface area (Å²) in [6.45, 7) is -0.415. The fourth-order valence-corrected chi connectivity index (χ4v) is 1.17. The first kappa shape index (κ1) is 20.2. The van der Waals surface area contributed by atoms with Crippen LogP contribution < -0.4 is 5.73 Å². The van der Waals surface area contributed by atoms with Crippen LogP contribution in [0.5, 0.6) is 0 Å². The van der Waals surface area contributed by atoms with Crippen molar-refractivity contribution in [3.8, 4) is 0 Å². The summed E-state index contributed by atoms with van der Waals surface area (Å²) in [6, 6.07) is -1.27. The van der Waals surface area contributed by atoms with Gasteiger partial charge < -0.3 is 25.2 Å². The molecule has 0 heterocycles. The van der Waals surface area contributed by atoms with E-state index >= 15 is 0 Å². The number of hydrogen-bond donors (Lipinski definition) is 2. The molecule has 0 radical (unpaired) electrons. The summed E-state index contributed by atoms with van der Waals surface area (Å²) in [5, 5.41) is 17.5. The van der Waals surface area contributed by atoms with Crippen LogP contribution in [0.2, 0.25) is 0 Å². The highest BCUT2D eigenvalue weighted by atomic mass is 17.0. The van der Waals surface area contributed by atoms with E-state index in [1.54, 1.807) is 0 Å². The van der Waals surface area contributed by atoms with Gasteiger partial charge in [0.05, 0.1) is 0 Å². The summed E-state index contributed by atoms with van der Waals surface area (Å²) in [5.74, 6) is -4.34. The van der Waals surface area contributed by atoms with Crippen molar-refractivity contribution in [1.29, 1.82) is 0 Å². The summed E-state index contributed by atoms with van der Waals surface area (Å²) < 4.78 is 9.23. The summed E-state index contributed by atoms with van der Waals surface area (Å²) >= 11 is 0. The maximum atomic E-state index is 11.5. The molecule has 0 amide bonds. The Morgan fingerprint density at radius 1 is 1.26 bits per heavy atom. The van der Waals surface area contributed by atoms with Gasteiger partial charge in [-0.1, -0.05) is 0 Å². The second-order valence-electron chi connectivity index (χ2n) is 4.27. The third-order valence-corrected chi connectivity index (χ3v) is 2.33. The van der Waals surface area contributed by atoms with E-state index in [0.717, 1.165) is 6.92 Å². The predicted octanol–water partition coefficient (Wildman–Crippen LogP) is -1.57. The van der Waals surface area contributed by atoms with Crippen LogP contribution in [0.25, 0.3) is 0 Å². The monoisotopic (exact) mass is 336 g/mol. The van der Waals surface area contributed by atoms with Gasteiger partial charge in [-0.3, -0.25) is 14.4 Å². The van der Waals surface area contributed by atoms with Gasteiger partial charge in [0, 0.05) is 13.3 Å². The van der Waals surface area contributed by atoms with Crippen LogP contribution in [0.4, 0.5) is 0 Å². The molecular formula is C11H16N2O10. The van der Waals surface area contributed by atoms with Gasteiger partial charge in [-0.25, -0.2) is 4.79 Å². The Kier molecular flexibility index (Phi) is 8.84. The lowest BCUT2D eigenvalue weighted by molar-refractivity contribution is -0.759. The van der Waals surface area contributed by atoms with E-state index in [-0.39, 0.29) is 12.8 Å². The highest BCUT2D eigenvalue weighted by molar-refractivity contribution is 6.32. The fourth-order valence-electron chi connectivity index (χ4n) is 1.17. The number of ether oxygens (including phenoxy) is 2. The first-order chi connectivity index (χ1) is 10.6. The molecule has 0 aromatic carbocycles. The van der Waals surface area contributed by atoms with Gasteiger partial charge in [-0.05, 0) is 6.42 Å². The number of carbonyl (C=O) groups excluding carboxylic acids is 3. The molecule has 0 aromatic rings. The lowest BCUT2D eigenvalue weighted by atomic mass is 10.2. The SMILES string of the molecule is CC(=O)C(=O)OCC(CO[N+](=O)[O-])OC(=O)CC[C@H](N)C(=O)O. The van der Waals surface area contributed by atoms with Crippen LogP contribution in [0.15, 0.2) is 0 Å². The number of hydrogen-bond acceptors (Lipinski definition) is 10. The molecule has 0 saturated heterocycles. The molecule has 3 N–H and O–H groups in total. The molecule has 12 nitrogen and oxygen atoms in total. The number of nitrogens with two attached hydrogens (primary N) is 1. The smallest absolute Gasteiger partial charge is 0.374 e. The van der Waals surface area contributed by atoms with Gasteiger partial charge in [0.25, 0.3) is 5.09 Å². The molecular weight excluding hydrogens is 320 g/mol. The van der Waals surface area contributed by atoms with Crippen LogP contribution >= 0.6 is 0 Å². The van der Waals surface area contributed by atoms with Crippen molar-refractivity contribution in [2.75, 3.05) is 13.2 Å². The minimum absolute atomic E-state index is 0.218. The molecule has 0 aliphatic heterocycles. The summed E-state index contributed by atoms with van der Waals surface area (Å²) in [4.78, 5) is 57.8. The van der Waals surface area contributed by atoms with Gasteiger partial charge in [0.15, 0.2) is 6.10 Å². The van der Waals surface area contributed by atoms with Crippen LogP contribution in [-0.2, 0) is 33.5 Å². The quantitative estimate of drug-likeness (QED) is 0.192. The Hall–Kier alpha value is -2.76. The molecule has 0 bridgehead atoms. The zero-order chi connectivity index (χ0) is 18.0. The minimum atomic E-state index is -1.34. The van der Waals surface area contributed by atoms with E-state index in [2.05, 4.69) is 9.57 Å². The second kappa shape index (κ2) is 10.0. The second-order valence-corrected chi connectivity index (χ2v) is 4.27. The van der Waals surface area contributed by atoms with Crippen molar-refractivity contribution >= 4 is 23.7 Å². The van der Waals surface area contributed by atoms with Gasteiger partial charge in [-0.15, -0.1) is 10.1 Å². The van der Waals surface area contributed by atoms with Crippen molar-refractivity contribution in [3.05, 3.63) is 10.1 Å². The number of ketones is 1. The number of aliphatic carboxylic acids is 1. The Morgan fingerprint density at radius 2 is 1.87 bits per heavy atom. The molecule has 0 aromatic heterocycles. The van der Waals surface area contributed by atoms with E-state index in [1.807, 2.05) is 0 Å². The topological polar surface area (TPSA) is 185 Å². The number of esters is 2. The van der Waals surface area contributed by atoms with Crippen molar-refractivity contribution in [1.82, 2.24) is 0 Å². The third kappa shape index (κ3) is 9.73. The average Bonchev–Trinajstić information content (AvgIpc) is 2.46. The largest absolute Gasteiger partial charge is 0.480 e. The molecule has 12 heteroatoms. The van der Waals surface area contributed by atoms with Crippen molar-refractivity contribution in [2.45, 2.75) is 31.9 Å². The Labute approximate surface area is 129 Å². The number of carbonyl (C=O) groups is 4. The maximum absolute atomic E-state index is 11.5. The van der Waals surface area contributed by atoms with Gasteiger partial charge in [0.1, 0.15) is 19.3 Å². The summed E-state index contributed by atoms with van der Waals surface area (Å²) in [7, 11) is 0. The zero-order valence-corrected chi connectivity index (χ0v) is 12.1. The fraction of sp³-hybridized carbons (Fsp3) is 0.636. The van der Waals surface area contributed by atoms with Crippen molar-refractivity contribution < 1.29 is 43.7 Å². The molecule has 0 aliphatic rings. The van der Waals surface area contributed by atoms with Crippen molar-refractivity contribution in [2.24, 2.45) is 5.73 Å². The minimum Gasteiger partial charge on any atom is -0.480 e. The standard InChI is InChI=1S/C11H16N2O10/c1-6(14)11(18)21-4-7(5-22-13(19)20)23-9(15)3-2-8(12)10(16)17/h7-8H,2-5,12H2,1H3,(H,16,17)/t7?,8-/m0/s1. The zero-order valence-electron chi connectivity index (χ0n) is 12.1. The van der Waals surface area contributed by atoms with E-state index in [1.165, 1.54) is 0 Å². The van der Waals surface area contributed by atoms with Crippen LogP contribution in [0.1, 0.15) is 19.8 Å². The lowest BCUT2D eigenvalue weighted by Gasteiger charge is -2.17. The molecule has 0 fully saturated rings. The van der Waals surface area contributed by atoms with Crippen LogP contribution in [0, 0.1) is 10.1 Å².